The highest BCUT2D eigenvalue weighted by Crippen LogP contribution is 2.26. The first-order valence-electron chi connectivity index (χ1n) is 4.46. The van der Waals surface area contributed by atoms with Gasteiger partial charge in [0.15, 0.2) is 0 Å². The molecule has 1 aromatic carbocycles. The molecule has 6 nitrogen and oxygen atoms in total. The van der Waals surface area contributed by atoms with E-state index in [1.54, 1.807) is 13.0 Å². The molecule has 1 unspecified atom stereocenters. The predicted molar refractivity (Wildman–Crippen MR) is 57.7 cm³/mol. The van der Waals surface area contributed by atoms with Crippen LogP contribution in [0.5, 0.6) is 0 Å². The lowest BCUT2D eigenvalue weighted by atomic mass is 10.2. The van der Waals surface area contributed by atoms with Crippen molar-refractivity contribution in [3.63, 3.8) is 0 Å². The van der Waals surface area contributed by atoms with Gasteiger partial charge >= 0.3 is 0 Å². The number of rotatable bonds is 4. The second-order valence-corrected chi connectivity index (χ2v) is 3.26. The van der Waals surface area contributed by atoms with E-state index in [1.807, 2.05) is 0 Å². The van der Waals surface area contributed by atoms with Crippen molar-refractivity contribution in [2.45, 2.75) is 13.0 Å². The monoisotopic (exact) mass is 211 g/mol. The highest BCUT2D eigenvalue weighted by molar-refractivity contribution is 5.66. The Morgan fingerprint density at radius 3 is 2.87 bits per heavy atom. The van der Waals surface area contributed by atoms with Crippen LogP contribution in [0.3, 0.4) is 0 Å². The number of nitro groups is 1. The Bertz CT molecular complexity index is 366. The Labute approximate surface area is 86.9 Å². The molecule has 1 aromatic rings. The zero-order valence-electron chi connectivity index (χ0n) is 8.30. The first-order valence-corrected chi connectivity index (χ1v) is 4.46. The molecule has 1 rings (SSSR count). The fraction of sp³-hybridized carbons (Fsp3) is 0.333. The topological polar surface area (TPSA) is 101 Å². The van der Waals surface area contributed by atoms with Crippen LogP contribution in [0.1, 0.15) is 6.92 Å². The van der Waals surface area contributed by atoms with Crippen LogP contribution in [0.4, 0.5) is 17.1 Å². The molecular formula is C9H13N3O3. The average Bonchev–Trinajstić information content (AvgIpc) is 2.15. The molecule has 0 saturated carbocycles. The molecule has 0 heterocycles. The number of aliphatic hydroxyl groups excluding tert-OH is 1. The van der Waals surface area contributed by atoms with Gasteiger partial charge in [-0.15, -0.1) is 0 Å². The number of nitrogens with one attached hydrogen (secondary N) is 1. The van der Waals surface area contributed by atoms with Crippen molar-refractivity contribution in [3.05, 3.63) is 28.3 Å². The third kappa shape index (κ3) is 3.10. The second kappa shape index (κ2) is 4.61. The average molecular weight is 211 g/mol. The molecule has 0 fully saturated rings. The van der Waals surface area contributed by atoms with Crippen molar-refractivity contribution in [2.24, 2.45) is 0 Å². The first kappa shape index (κ1) is 11.3. The van der Waals surface area contributed by atoms with E-state index in [4.69, 9.17) is 10.8 Å². The van der Waals surface area contributed by atoms with Crippen LogP contribution >= 0.6 is 0 Å². The van der Waals surface area contributed by atoms with Crippen LogP contribution in [-0.4, -0.2) is 22.7 Å². The molecule has 0 saturated heterocycles. The van der Waals surface area contributed by atoms with Gasteiger partial charge in [-0.05, 0) is 19.1 Å². The molecule has 0 aromatic heterocycles. The minimum absolute atomic E-state index is 0.0874. The van der Waals surface area contributed by atoms with Gasteiger partial charge in [-0.3, -0.25) is 10.1 Å². The zero-order valence-corrected chi connectivity index (χ0v) is 8.30. The Kier molecular flexibility index (Phi) is 3.46. The summed E-state index contributed by atoms with van der Waals surface area (Å²) in [6.07, 6.45) is -0.567. The maximum Gasteiger partial charge on any atom is 0.294 e. The third-order valence-electron chi connectivity index (χ3n) is 1.81. The van der Waals surface area contributed by atoms with E-state index in [2.05, 4.69) is 5.32 Å². The van der Waals surface area contributed by atoms with E-state index in [-0.39, 0.29) is 12.2 Å². The number of aliphatic hydroxyl groups is 1. The van der Waals surface area contributed by atoms with Crippen molar-refractivity contribution in [1.82, 2.24) is 0 Å². The van der Waals surface area contributed by atoms with Crippen LogP contribution < -0.4 is 11.1 Å². The lowest BCUT2D eigenvalue weighted by molar-refractivity contribution is -0.383. The van der Waals surface area contributed by atoms with Crippen molar-refractivity contribution in [2.75, 3.05) is 17.6 Å². The summed E-state index contributed by atoms with van der Waals surface area (Å²) in [5.74, 6) is 0. The lowest BCUT2D eigenvalue weighted by Gasteiger charge is -2.08. The number of nitrogens with zero attached hydrogens (tertiary/aromatic N) is 1. The maximum absolute atomic E-state index is 10.7. The van der Waals surface area contributed by atoms with Gasteiger partial charge in [0.2, 0.25) is 0 Å². The van der Waals surface area contributed by atoms with E-state index in [0.29, 0.717) is 11.4 Å². The normalized spacial score (nSPS) is 12.1. The second-order valence-electron chi connectivity index (χ2n) is 3.26. The van der Waals surface area contributed by atoms with E-state index >= 15 is 0 Å². The van der Waals surface area contributed by atoms with Crippen LogP contribution in [0.25, 0.3) is 0 Å². The Balaban J connectivity index is 2.91. The molecule has 15 heavy (non-hydrogen) atoms. The van der Waals surface area contributed by atoms with E-state index in [1.165, 1.54) is 12.1 Å². The van der Waals surface area contributed by atoms with Gasteiger partial charge in [0.1, 0.15) is 5.69 Å². The molecule has 0 aliphatic heterocycles. The van der Waals surface area contributed by atoms with E-state index in [9.17, 15) is 10.1 Å². The standard InChI is InChI=1S/C9H13N3O3/c1-6(13)5-11-8-3-2-7(10)4-9(8)12(14)15/h2-4,6,11,13H,5,10H2,1H3. The number of nitrogens with two attached hydrogens (primary N) is 1. The van der Waals surface area contributed by atoms with Gasteiger partial charge in [0.05, 0.1) is 11.0 Å². The number of nitro benzene ring substituents is 1. The Morgan fingerprint density at radius 2 is 2.33 bits per heavy atom. The van der Waals surface area contributed by atoms with Gasteiger partial charge < -0.3 is 16.2 Å². The van der Waals surface area contributed by atoms with Crippen molar-refractivity contribution in [3.8, 4) is 0 Å². The zero-order chi connectivity index (χ0) is 11.4. The van der Waals surface area contributed by atoms with Crippen molar-refractivity contribution in [1.29, 1.82) is 0 Å². The number of benzene rings is 1. The largest absolute Gasteiger partial charge is 0.399 e. The smallest absolute Gasteiger partial charge is 0.294 e. The van der Waals surface area contributed by atoms with Gasteiger partial charge in [0, 0.05) is 18.3 Å². The number of nitrogen functional groups attached to an aromatic ring is 1. The minimum Gasteiger partial charge on any atom is -0.399 e. The molecular weight excluding hydrogens is 198 g/mol. The van der Waals surface area contributed by atoms with Crippen molar-refractivity contribution >= 4 is 17.1 Å². The maximum atomic E-state index is 10.7. The summed E-state index contributed by atoms with van der Waals surface area (Å²) in [5, 5.41) is 22.5. The summed E-state index contributed by atoms with van der Waals surface area (Å²) in [6.45, 7) is 1.85. The van der Waals surface area contributed by atoms with Crippen LogP contribution in [0.2, 0.25) is 0 Å². The molecule has 6 heteroatoms. The molecule has 0 radical (unpaired) electrons. The number of hydrogen-bond acceptors (Lipinski definition) is 5. The van der Waals surface area contributed by atoms with E-state index < -0.39 is 11.0 Å². The summed E-state index contributed by atoms with van der Waals surface area (Å²) >= 11 is 0. The van der Waals surface area contributed by atoms with E-state index in [0.717, 1.165) is 0 Å². The Morgan fingerprint density at radius 1 is 1.67 bits per heavy atom. The molecule has 0 aliphatic carbocycles. The summed E-state index contributed by atoms with van der Waals surface area (Å²) in [6, 6.07) is 4.37. The number of hydrogen-bond donors (Lipinski definition) is 3. The molecule has 4 N–H and O–H groups in total. The molecule has 0 amide bonds. The molecule has 0 bridgehead atoms. The highest BCUT2D eigenvalue weighted by Gasteiger charge is 2.13. The minimum atomic E-state index is -0.567. The third-order valence-corrected chi connectivity index (χ3v) is 1.81. The van der Waals surface area contributed by atoms with Crippen molar-refractivity contribution < 1.29 is 10.0 Å². The predicted octanol–water partition coefficient (Wildman–Crippen LogP) is 0.970. The quantitative estimate of drug-likeness (QED) is 0.391. The fourth-order valence-electron chi connectivity index (χ4n) is 1.11. The SMILES string of the molecule is CC(O)CNc1ccc(N)cc1[N+](=O)[O-]. The van der Waals surface area contributed by atoms with Gasteiger partial charge in [-0.2, -0.15) is 0 Å². The van der Waals surface area contributed by atoms with Crippen LogP contribution in [-0.2, 0) is 0 Å². The van der Waals surface area contributed by atoms with Gasteiger partial charge in [-0.25, -0.2) is 0 Å². The molecule has 0 spiro atoms. The summed E-state index contributed by atoms with van der Waals surface area (Å²) < 4.78 is 0. The lowest BCUT2D eigenvalue weighted by Crippen LogP contribution is -2.16. The molecule has 1 atom stereocenters. The summed E-state index contributed by atoms with van der Waals surface area (Å²) in [4.78, 5) is 10.2. The number of anilines is 2. The summed E-state index contributed by atoms with van der Waals surface area (Å²) in [7, 11) is 0. The Hall–Kier alpha value is -1.82. The fourth-order valence-corrected chi connectivity index (χ4v) is 1.11. The van der Waals surface area contributed by atoms with Crippen LogP contribution in [0.15, 0.2) is 18.2 Å². The first-order chi connectivity index (χ1) is 7.00. The van der Waals surface area contributed by atoms with Gasteiger partial charge in [-0.1, -0.05) is 0 Å². The van der Waals surface area contributed by atoms with Gasteiger partial charge in [0.25, 0.3) is 5.69 Å². The van der Waals surface area contributed by atoms with Crippen LogP contribution in [0, 0.1) is 10.1 Å². The highest BCUT2D eigenvalue weighted by atomic mass is 16.6. The summed E-state index contributed by atoms with van der Waals surface area (Å²) in [5.41, 5.74) is 6.05. The molecule has 82 valence electrons. The molecule has 0 aliphatic rings.